The van der Waals surface area contributed by atoms with E-state index in [0.717, 1.165) is 24.1 Å². The molecule has 10 heteroatoms. The van der Waals surface area contributed by atoms with Gasteiger partial charge in [-0.2, -0.15) is 4.31 Å². The Labute approximate surface area is 185 Å². The molecule has 0 radical (unpaired) electrons. The topological polar surface area (TPSA) is 101 Å². The monoisotopic (exact) mass is 456 g/mol. The number of sulfonamides is 1. The fraction of sp³-hybridized carbons (Fsp3) is 0.714. The van der Waals surface area contributed by atoms with Crippen LogP contribution in [0.4, 0.5) is 0 Å². The Kier molecular flexibility index (Phi) is 9.67. The molecule has 1 fully saturated rings. The lowest BCUT2D eigenvalue weighted by atomic mass is 10.0. The lowest BCUT2D eigenvalue weighted by Gasteiger charge is -2.35. The Morgan fingerprint density at radius 3 is 2.42 bits per heavy atom. The molecular formula is C21H36N4O5S. The average Bonchev–Trinajstić information content (AvgIpc) is 2.73. The van der Waals surface area contributed by atoms with E-state index in [-0.39, 0.29) is 23.4 Å². The molecule has 0 bridgehead atoms. The molecule has 1 amide bonds. The second-order valence-electron chi connectivity index (χ2n) is 8.16. The molecule has 1 atom stereocenters. The molecule has 1 saturated heterocycles. The van der Waals surface area contributed by atoms with Gasteiger partial charge >= 0.3 is 0 Å². The predicted octanol–water partition coefficient (Wildman–Crippen LogP) is 0.742. The average molecular weight is 457 g/mol. The summed E-state index contributed by atoms with van der Waals surface area (Å²) in [7, 11) is -3.71. The van der Waals surface area contributed by atoms with Crippen LogP contribution in [0.15, 0.2) is 28.0 Å². The van der Waals surface area contributed by atoms with Gasteiger partial charge in [-0.15, -0.1) is 0 Å². The molecule has 0 aliphatic carbocycles. The lowest BCUT2D eigenvalue weighted by molar-refractivity contribution is -0.122. The summed E-state index contributed by atoms with van der Waals surface area (Å²) in [5, 5.41) is 2.92. The predicted molar refractivity (Wildman–Crippen MR) is 119 cm³/mol. The smallest absolute Gasteiger partial charge is 0.251 e. The van der Waals surface area contributed by atoms with Gasteiger partial charge in [0.2, 0.25) is 15.9 Å². The minimum Gasteiger partial charge on any atom is -0.379 e. The number of pyridine rings is 1. The zero-order chi connectivity index (χ0) is 23.0. The molecule has 31 heavy (non-hydrogen) atoms. The van der Waals surface area contributed by atoms with Crippen molar-refractivity contribution in [1.29, 1.82) is 0 Å². The van der Waals surface area contributed by atoms with Crippen LogP contribution in [-0.4, -0.2) is 80.1 Å². The van der Waals surface area contributed by atoms with E-state index in [0.29, 0.717) is 38.8 Å². The van der Waals surface area contributed by atoms with Crippen molar-refractivity contribution in [1.82, 2.24) is 19.1 Å². The zero-order valence-corrected chi connectivity index (χ0v) is 19.9. The number of amides is 1. The molecule has 2 heterocycles. The highest BCUT2D eigenvalue weighted by Crippen LogP contribution is 2.14. The van der Waals surface area contributed by atoms with Crippen molar-refractivity contribution >= 4 is 15.9 Å². The molecule has 0 spiro atoms. The summed E-state index contributed by atoms with van der Waals surface area (Å²) in [5.41, 5.74) is -0.416. The van der Waals surface area contributed by atoms with Crippen molar-refractivity contribution in [2.45, 2.75) is 51.6 Å². The van der Waals surface area contributed by atoms with Gasteiger partial charge in [-0.3, -0.25) is 14.5 Å². The molecule has 0 saturated carbocycles. The number of aromatic nitrogens is 1. The van der Waals surface area contributed by atoms with Gasteiger partial charge in [0.1, 0.15) is 6.54 Å². The third-order valence-corrected chi connectivity index (χ3v) is 7.49. The van der Waals surface area contributed by atoms with Gasteiger partial charge in [0.25, 0.3) is 5.56 Å². The van der Waals surface area contributed by atoms with E-state index in [9.17, 15) is 18.0 Å². The van der Waals surface area contributed by atoms with Crippen LogP contribution in [0, 0.1) is 5.92 Å². The van der Waals surface area contributed by atoms with Crippen molar-refractivity contribution in [3.8, 4) is 0 Å². The summed E-state index contributed by atoms with van der Waals surface area (Å²) in [6, 6.07) is 2.68. The molecular weight excluding hydrogens is 420 g/mol. The number of nitrogens with zero attached hydrogens (tertiary/aromatic N) is 3. The van der Waals surface area contributed by atoms with E-state index in [2.05, 4.69) is 24.1 Å². The number of nitrogens with one attached hydrogen (secondary N) is 1. The number of morpholine rings is 1. The van der Waals surface area contributed by atoms with Crippen molar-refractivity contribution < 1.29 is 17.9 Å². The van der Waals surface area contributed by atoms with Gasteiger partial charge in [0.05, 0.1) is 18.1 Å². The fourth-order valence-corrected chi connectivity index (χ4v) is 5.27. The Morgan fingerprint density at radius 1 is 1.19 bits per heavy atom. The quantitative estimate of drug-likeness (QED) is 0.527. The normalized spacial score (nSPS) is 16.6. The maximum absolute atomic E-state index is 12.7. The molecule has 1 aromatic rings. The van der Waals surface area contributed by atoms with E-state index < -0.39 is 15.6 Å². The van der Waals surface area contributed by atoms with E-state index >= 15 is 0 Å². The first-order chi connectivity index (χ1) is 14.7. The van der Waals surface area contributed by atoms with Gasteiger partial charge in [0.15, 0.2) is 0 Å². The Hall–Kier alpha value is -1.75. The van der Waals surface area contributed by atoms with Gasteiger partial charge < -0.3 is 14.6 Å². The van der Waals surface area contributed by atoms with Crippen LogP contribution in [-0.2, 0) is 26.1 Å². The van der Waals surface area contributed by atoms with E-state index in [1.54, 1.807) is 13.8 Å². The van der Waals surface area contributed by atoms with Crippen molar-refractivity contribution in [2.24, 2.45) is 5.92 Å². The maximum atomic E-state index is 12.7. The molecule has 176 valence electrons. The van der Waals surface area contributed by atoms with Crippen LogP contribution in [0.1, 0.15) is 34.1 Å². The molecule has 0 aromatic carbocycles. The zero-order valence-electron chi connectivity index (χ0n) is 19.0. The number of hydrogen-bond acceptors (Lipinski definition) is 6. The van der Waals surface area contributed by atoms with Gasteiger partial charge in [-0.1, -0.05) is 27.7 Å². The Bertz CT molecular complexity index is 874. The highest BCUT2D eigenvalue weighted by molar-refractivity contribution is 7.89. The summed E-state index contributed by atoms with van der Waals surface area (Å²) in [6.45, 7) is 11.8. The minimum atomic E-state index is -3.71. The van der Waals surface area contributed by atoms with E-state index in [4.69, 9.17) is 4.74 Å². The number of carbonyl (C=O) groups is 1. The second kappa shape index (κ2) is 11.8. The van der Waals surface area contributed by atoms with Crippen molar-refractivity contribution in [2.75, 3.05) is 45.9 Å². The molecule has 1 aliphatic rings. The van der Waals surface area contributed by atoms with Crippen LogP contribution in [0.2, 0.25) is 0 Å². The first-order valence-electron chi connectivity index (χ1n) is 11.0. The number of ether oxygens (including phenoxy) is 1. The molecule has 9 nitrogen and oxygen atoms in total. The third-order valence-electron chi connectivity index (χ3n) is 5.45. The largest absolute Gasteiger partial charge is 0.379 e. The van der Waals surface area contributed by atoms with Crippen LogP contribution in [0.5, 0.6) is 0 Å². The van der Waals surface area contributed by atoms with Crippen molar-refractivity contribution in [3.63, 3.8) is 0 Å². The standard InChI is InChI=1S/C21H36N4O5S/c1-5-25(6-2)31(28,29)19-7-8-21(27)24(15-19)16-20(26)22-14-18(13-17(3)4)23-9-11-30-12-10-23/h7-8,15,17-18H,5-6,9-14,16H2,1-4H3,(H,22,26). The third kappa shape index (κ3) is 7.13. The Morgan fingerprint density at radius 2 is 1.84 bits per heavy atom. The SMILES string of the molecule is CCN(CC)S(=O)(=O)c1ccc(=O)n(CC(=O)NCC(CC(C)C)N2CCOCC2)c1. The molecule has 1 N–H and O–H groups in total. The summed E-state index contributed by atoms with van der Waals surface area (Å²) < 4.78 is 33.4. The van der Waals surface area contributed by atoms with Crippen molar-refractivity contribution in [3.05, 3.63) is 28.7 Å². The van der Waals surface area contributed by atoms with Gasteiger partial charge in [0, 0.05) is 51.0 Å². The molecule has 1 unspecified atom stereocenters. The van der Waals surface area contributed by atoms with Crippen LogP contribution in [0.3, 0.4) is 0 Å². The van der Waals surface area contributed by atoms with E-state index in [1.165, 1.54) is 22.6 Å². The van der Waals surface area contributed by atoms with Crippen LogP contribution in [0.25, 0.3) is 0 Å². The number of carbonyl (C=O) groups excluding carboxylic acids is 1. The maximum Gasteiger partial charge on any atom is 0.251 e. The Balaban J connectivity index is 2.07. The van der Waals surface area contributed by atoms with Gasteiger partial charge in [-0.25, -0.2) is 8.42 Å². The lowest BCUT2D eigenvalue weighted by Crippen LogP contribution is -2.49. The summed E-state index contributed by atoms with van der Waals surface area (Å²) in [4.78, 5) is 27.1. The first kappa shape index (κ1) is 25.5. The molecule has 1 aliphatic heterocycles. The summed E-state index contributed by atoms with van der Waals surface area (Å²) >= 11 is 0. The van der Waals surface area contributed by atoms with Crippen LogP contribution >= 0.6 is 0 Å². The summed E-state index contributed by atoms with van der Waals surface area (Å²) in [6.07, 6.45) is 2.20. The minimum absolute atomic E-state index is 0.00889. The number of hydrogen-bond donors (Lipinski definition) is 1. The number of rotatable bonds is 11. The fourth-order valence-electron chi connectivity index (χ4n) is 3.79. The van der Waals surface area contributed by atoms with E-state index in [1.807, 2.05) is 0 Å². The molecule has 1 aromatic heterocycles. The second-order valence-corrected chi connectivity index (χ2v) is 10.1. The first-order valence-corrected chi connectivity index (χ1v) is 12.4. The summed E-state index contributed by atoms with van der Waals surface area (Å²) in [5.74, 6) is 0.163. The molecule has 2 rings (SSSR count). The van der Waals surface area contributed by atoms with Crippen LogP contribution < -0.4 is 10.9 Å². The van der Waals surface area contributed by atoms with Gasteiger partial charge in [-0.05, 0) is 18.4 Å². The highest BCUT2D eigenvalue weighted by Gasteiger charge is 2.24. The highest BCUT2D eigenvalue weighted by atomic mass is 32.2.